The molecule has 2 aromatic rings. The van der Waals surface area contributed by atoms with Crippen molar-refractivity contribution < 1.29 is 4.79 Å². The minimum atomic E-state index is 0.197. The van der Waals surface area contributed by atoms with E-state index in [0.717, 1.165) is 6.42 Å². The third kappa shape index (κ3) is 3.70. The van der Waals surface area contributed by atoms with Crippen LogP contribution < -0.4 is 0 Å². The molecule has 1 aliphatic rings. The molecule has 0 aliphatic carbocycles. The SMILES string of the molecule is Cc1ccc(C)c(/C=C/C2CCC(=O)N2Cc2ccccc2)c1. The Morgan fingerprint density at radius 3 is 2.70 bits per heavy atom. The highest BCUT2D eigenvalue weighted by molar-refractivity contribution is 5.79. The van der Waals surface area contributed by atoms with E-state index >= 15 is 0 Å². The van der Waals surface area contributed by atoms with Crippen molar-refractivity contribution in [2.45, 2.75) is 39.3 Å². The standard InChI is InChI=1S/C21H23NO/c1-16-8-9-17(2)19(14-16)10-11-20-12-13-21(23)22(20)15-18-6-4-3-5-7-18/h3-11,14,20H,12-13,15H2,1-2H3/b11-10+. The number of carbonyl (C=O) groups excluding carboxylic acids is 1. The Kier molecular flexibility index (Phi) is 4.61. The fraction of sp³-hybridized carbons (Fsp3) is 0.286. The average molecular weight is 305 g/mol. The van der Waals surface area contributed by atoms with Gasteiger partial charge in [0.05, 0.1) is 6.04 Å². The number of carbonyl (C=O) groups is 1. The van der Waals surface area contributed by atoms with Crippen LogP contribution in [0.3, 0.4) is 0 Å². The first-order chi connectivity index (χ1) is 11.1. The van der Waals surface area contributed by atoms with Gasteiger partial charge in [0.1, 0.15) is 0 Å². The van der Waals surface area contributed by atoms with E-state index in [4.69, 9.17) is 0 Å². The largest absolute Gasteiger partial charge is 0.332 e. The Balaban J connectivity index is 1.77. The molecule has 1 amide bonds. The lowest BCUT2D eigenvalue weighted by Gasteiger charge is -2.22. The topological polar surface area (TPSA) is 20.3 Å². The highest BCUT2D eigenvalue weighted by atomic mass is 16.2. The van der Waals surface area contributed by atoms with Gasteiger partial charge in [-0.25, -0.2) is 0 Å². The van der Waals surface area contributed by atoms with Gasteiger partial charge in [-0.1, -0.05) is 66.2 Å². The van der Waals surface area contributed by atoms with Crippen molar-refractivity contribution in [3.63, 3.8) is 0 Å². The molecule has 2 heteroatoms. The van der Waals surface area contributed by atoms with Gasteiger partial charge in [-0.15, -0.1) is 0 Å². The summed E-state index contributed by atoms with van der Waals surface area (Å²) >= 11 is 0. The fourth-order valence-electron chi connectivity index (χ4n) is 3.10. The highest BCUT2D eigenvalue weighted by Crippen LogP contribution is 2.24. The number of hydrogen-bond acceptors (Lipinski definition) is 1. The summed E-state index contributed by atoms with van der Waals surface area (Å²) in [5, 5.41) is 0. The monoisotopic (exact) mass is 305 g/mol. The Hall–Kier alpha value is -2.35. The molecule has 1 atom stereocenters. The van der Waals surface area contributed by atoms with Crippen molar-refractivity contribution in [1.82, 2.24) is 4.90 Å². The van der Waals surface area contributed by atoms with Gasteiger partial charge in [0, 0.05) is 13.0 Å². The molecule has 0 N–H and O–H groups in total. The zero-order valence-electron chi connectivity index (χ0n) is 13.8. The first-order valence-corrected chi connectivity index (χ1v) is 8.22. The summed E-state index contributed by atoms with van der Waals surface area (Å²) in [5.41, 5.74) is 4.96. The first kappa shape index (κ1) is 15.5. The molecule has 23 heavy (non-hydrogen) atoms. The summed E-state index contributed by atoms with van der Waals surface area (Å²) in [5.74, 6) is 0.254. The molecule has 0 radical (unpaired) electrons. The molecule has 1 fully saturated rings. The van der Waals surface area contributed by atoms with Crippen LogP contribution in [0.2, 0.25) is 0 Å². The summed E-state index contributed by atoms with van der Waals surface area (Å²) < 4.78 is 0. The molecule has 1 saturated heterocycles. The van der Waals surface area contributed by atoms with Gasteiger partial charge in [0.15, 0.2) is 0 Å². The molecular formula is C21H23NO. The Labute approximate surface area is 138 Å². The van der Waals surface area contributed by atoms with Crippen LogP contribution in [0.4, 0.5) is 0 Å². The maximum absolute atomic E-state index is 12.2. The second-order valence-corrected chi connectivity index (χ2v) is 6.33. The van der Waals surface area contributed by atoms with Crippen LogP contribution in [0.25, 0.3) is 6.08 Å². The lowest BCUT2D eigenvalue weighted by Crippen LogP contribution is -2.31. The summed E-state index contributed by atoms with van der Waals surface area (Å²) in [6, 6.07) is 16.9. The third-order valence-electron chi connectivity index (χ3n) is 4.50. The van der Waals surface area contributed by atoms with Crippen LogP contribution >= 0.6 is 0 Å². The number of hydrogen-bond donors (Lipinski definition) is 0. The van der Waals surface area contributed by atoms with Crippen molar-refractivity contribution in [1.29, 1.82) is 0 Å². The highest BCUT2D eigenvalue weighted by Gasteiger charge is 2.28. The lowest BCUT2D eigenvalue weighted by atomic mass is 10.0. The smallest absolute Gasteiger partial charge is 0.223 e. The van der Waals surface area contributed by atoms with Gasteiger partial charge < -0.3 is 4.90 Å². The van der Waals surface area contributed by atoms with Crippen molar-refractivity contribution in [3.05, 3.63) is 76.9 Å². The van der Waals surface area contributed by atoms with E-state index < -0.39 is 0 Å². The van der Waals surface area contributed by atoms with Crippen LogP contribution in [-0.2, 0) is 11.3 Å². The average Bonchev–Trinajstić information content (AvgIpc) is 2.90. The first-order valence-electron chi connectivity index (χ1n) is 8.22. The number of rotatable bonds is 4. The van der Waals surface area contributed by atoms with Crippen LogP contribution in [0, 0.1) is 13.8 Å². The van der Waals surface area contributed by atoms with Gasteiger partial charge in [-0.3, -0.25) is 4.79 Å². The predicted octanol–water partition coefficient (Wildman–Crippen LogP) is 4.51. The minimum Gasteiger partial charge on any atom is -0.332 e. The maximum Gasteiger partial charge on any atom is 0.223 e. The molecule has 0 bridgehead atoms. The lowest BCUT2D eigenvalue weighted by molar-refractivity contribution is -0.129. The molecular weight excluding hydrogens is 282 g/mol. The minimum absolute atomic E-state index is 0.197. The van der Waals surface area contributed by atoms with E-state index in [0.29, 0.717) is 13.0 Å². The van der Waals surface area contributed by atoms with Crippen molar-refractivity contribution in [2.24, 2.45) is 0 Å². The van der Waals surface area contributed by atoms with E-state index in [2.05, 4.69) is 56.3 Å². The van der Waals surface area contributed by atoms with Gasteiger partial charge in [-0.2, -0.15) is 0 Å². The number of amides is 1. The molecule has 0 aromatic heterocycles. The van der Waals surface area contributed by atoms with Crippen LogP contribution in [0.15, 0.2) is 54.6 Å². The number of aryl methyl sites for hydroxylation is 2. The predicted molar refractivity (Wildman–Crippen MR) is 95.0 cm³/mol. The molecule has 1 unspecified atom stereocenters. The van der Waals surface area contributed by atoms with Gasteiger partial charge in [0.25, 0.3) is 0 Å². The normalized spacial score (nSPS) is 18.1. The third-order valence-corrected chi connectivity index (χ3v) is 4.50. The molecule has 118 valence electrons. The molecule has 1 aliphatic heterocycles. The number of likely N-dealkylation sites (tertiary alicyclic amines) is 1. The zero-order chi connectivity index (χ0) is 16.2. The van der Waals surface area contributed by atoms with Crippen molar-refractivity contribution >= 4 is 12.0 Å². The quantitative estimate of drug-likeness (QED) is 0.814. The molecule has 3 rings (SSSR count). The van der Waals surface area contributed by atoms with Gasteiger partial charge >= 0.3 is 0 Å². The molecule has 2 aromatic carbocycles. The van der Waals surface area contributed by atoms with E-state index in [1.165, 1.54) is 22.3 Å². The van der Waals surface area contributed by atoms with Crippen molar-refractivity contribution in [2.75, 3.05) is 0 Å². The zero-order valence-corrected chi connectivity index (χ0v) is 13.8. The Morgan fingerprint density at radius 1 is 1.13 bits per heavy atom. The van der Waals surface area contributed by atoms with E-state index in [1.807, 2.05) is 23.1 Å². The number of benzene rings is 2. The van der Waals surface area contributed by atoms with Gasteiger partial charge in [-0.05, 0) is 37.0 Å². The van der Waals surface area contributed by atoms with Crippen molar-refractivity contribution in [3.8, 4) is 0 Å². The Morgan fingerprint density at radius 2 is 1.91 bits per heavy atom. The van der Waals surface area contributed by atoms with E-state index in [9.17, 15) is 4.79 Å². The van der Waals surface area contributed by atoms with Crippen LogP contribution in [-0.4, -0.2) is 16.8 Å². The second kappa shape index (κ2) is 6.82. The summed E-state index contributed by atoms with van der Waals surface area (Å²) in [6.45, 7) is 4.93. The maximum atomic E-state index is 12.2. The van der Waals surface area contributed by atoms with Crippen LogP contribution in [0.1, 0.15) is 35.1 Å². The molecule has 1 heterocycles. The van der Waals surface area contributed by atoms with E-state index in [1.54, 1.807) is 0 Å². The van der Waals surface area contributed by atoms with Crippen LogP contribution in [0.5, 0.6) is 0 Å². The summed E-state index contributed by atoms with van der Waals surface area (Å²) in [6.07, 6.45) is 5.92. The fourth-order valence-corrected chi connectivity index (χ4v) is 3.10. The van der Waals surface area contributed by atoms with E-state index in [-0.39, 0.29) is 11.9 Å². The summed E-state index contributed by atoms with van der Waals surface area (Å²) in [4.78, 5) is 14.2. The molecule has 2 nitrogen and oxygen atoms in total. The second-order valence-electron chi connectivity index (χ2n) is 6.33. The molecule has 0 saturated carbocycles. The van der Waals surface area contributed by atoms with Gasteiger partial charge in [0.2, 0.25) is 5.91 Å². The Bertz CT molecular complexity index is 718. The summed E-state index contributed by atoms with van der Waals surface area (Å²) in [7, 11) is 0. The molecule has 0 spiro atoms. The number of nitrogens with zero attached hydrogens (tertiary/aromatic N) is 1.